The molecule has 0 spiro atoms. The fourth-order valence-corrected chi connectivity index (χ4v) is 2.64. The van der Waals surface area contributed by atoms with Crippen molar-refractivity contribution in [3.8, 4) is 0 Å². The Balaban J connectivity index is 2.96. The van der Waals surface area contributed by atoms with Gasteiger partial charge in [-0.15, -0.1) is 0 Å². The van der Waals surface area contributed by atoms with Crippen molar-refractivity contribution in [2.75, 3.05) is 6.54 Å². The maximum atomic E-state index is 11.9. The largest absolute Gasteiger partial charge is 0.481 e. The predicted octanol–water partition coefficient (Wildman–Crippen LogP) is 1.65. The van der Waals surface area contributed by atoms with Crippen molar-refractivity contribution < 1.29 is 14.7 Å². The summed E-state index contributed by atoms with van der Waals surface area (Å²) in [6.45, 7) is 7.97. The second-order valence-electron chi connectivity index (χ2n) is 5.34. The molecule has 2 N–H and O–H groups in total. The van der Waals surface area contributed by atoms with Crippen LogP contribution in [-0.2, 0) is 9.59 Å². The Morgan fingerprint density at radius 1 is 1.38 bits per heavy atom. The van der Waals surface area contributed by atoms with E-state index in [-0.39, 0.29) is 11.8 Å². The molecule has 4 nitrogen and oxygen atoms in total. The molecule has 0 aliphatic heterocycles. The van der Waals surface area contributed by atoms with E-state index in [1.165, 1.54) is 0 Å². The number of hydrogen-bond donors (Lipinski definition) is 2. The van der Waals surface area contributed by atoms with Gasteiger partial charge in [-0.1, -0.05) is 13.8 Å². The molecule has 0 bridgehead atoms. The Bertz CT molecular complexity index is 311. The first-order valence-corrected chi connectivity index (χ1v) is 5.78. The topological polar surface area (TPSA) is 66.4 Å². The van der Waals surface area contributed by atoms with Gasteiger partial charge >= 0.3 is 5.97 Å². The van der Waals surface area contributed by atoms with Gasteiger partial charge in [0, 0.05) is 12.5 Å². The average molecular weight is 227 g/mol. The van der Waals surface area contributed by atoms with Crippen molar-refractivity contribution in [1.29, 1.82) is 0 Å². The smallest absolute Gasteiger partial charge is 0.309 e. The minimum absolute atomic E-state index is 0.0162. The molecule has 4 heteroatoms. The van der Waals surface area contributed by atoms with Gasteiger partial charge in [-0.3, -0.25) is 9.59 Å². The molecular formula is C12H21NO3. The zero-order valence-electron chi connectivity index (χ0n) is 10.5. The highest BCUT2D eigenvalue weighted by Crippen LogP contribution is 2.56. The van der Waals surface area contributed by atoms with Crippen molar-refractivity contribution in [1.82, 2.24) is 5.32 Å². The quantitative estimate of drug-likeness (QED) is 0.770. The van der Waals surface area contributed by atoms with Gasteiger partial charge in [0.1, 0.15) is 0 Å². The van der Waals surface area contributed by atoms with Crippen LogP contribution < -0.4 is 5.32 Å². The van der Waals surface area contributed by atoms with Crippen LogP contribution in [0.5, 0.6) is 0 Å². The molecule has 2 atom stereocenters. The van der Waals surface area contributed by atoms with Crippen molar-refractivity contribution >= 4 is 11.9 Å². The number of aliphatic carboxylic acids is 1. The van der Waals surface area contributed by atoms with Gasteiger partial charge in [0.25, 0.3) is 0 Å². The molecule has 0 aromatic rings. The first-order valence-electron chi connectivity index (χ1n) is 5.78. The molecule has 0 unspecified atom stereocenters. The fraction of sp³-hybridized carbons (Fsp3) is 0.833. The van der Waals surface area contributed by atoms with E-state index in [4.69, 9.17) is 0 Å². The summed E-state index contributed by atoms with van der Waals surface area (Å²) in [5.41, 5.74) is -1.30. The highest BCUT2D eigenvalue weighted by molar-refractivity contribution is 5.83. The monoisotopic (exact) mass is 227 g/mol. The Morgan fingerprint density at radius 2 is 1.94 bits per heavy atom. The molecular weight excluding hydrogens is 206 g/mol. The van der Waals surface area contributed by atoms with E-state index >= 15 is 0 Å². The average Bonchev–Trinajstić information content (AvgIpc) is 2.40. The molecule has 0 saturated heterocycles. The highest BCUT2D eigenvalue weighted by Gasteiger charge is 2.58. The van der Waals surface area contributed by atoms with Gasteiger partial charge in [0.05, 0.1) is 5.41 Å². The number of carboxylic acid groups (broad SMARTS) is 1. The first-order chi connectivity index (χ1) is 7.27. The lowest BCUT2D eigenvalue weighted by Gasteiger charge is -2.37. The SMILES string of the molecule is CCNC(=O)[C@H]1CC[C@@](C)(C(=O)O)C1(C)C. The Kier molecular flexibility index (Phi) is 3.31. The van der Waals surface area contributed by atoms with Crippen molar-refractivity contribution in [3.63, 3.8) is 0 Å². The van der Waals surface area contributed by atoms with Crippen LogP contribution in [0.2, 0.25) is 0 Å². The van der Waals surface area contributed by atoms with Gasteiger partial charge in [-0.05, 0) is 32.1 Å². The number of nitrogens with one attached hydrogen (secondary N) is 1. The summed E-state index contributed by atoms with van der Waals surface area (Å²) < 4.78 is 0. The van der Waals surface area contributed by atoms with Crippen molar-refractivity contribution in [2.24, 2.45) is 16.7 Å². The summed E-state index contributed by atoms with van der Waals surface area (Å²) in [6.07, 6.45) is 1.22. The van der Waals surface area contributed by atoms with Crippen LogP contribution in [0.1, 0.15) is 40.5 Å². The molecule has 0 heterocycles. The van der Waals surface area contributed by atoms with Gasteiger partial charge in [0.15, 0.2) is 0 Å². The zero-order chi connectivity index (χ0) is 12.6. The Labute approximate surface area is 96.4 Å². The van der Waals surface area contributed by atoms with E-state index in [0.717, 1.165) is 0 Å². The number of hydrogen-bond acceptors (Lipinski definition) is 2. The molecule has 1 fully saturated rings. The van der Waals surface area contributed by atoms with Crippen LogP contribution in [-0.4, -0.2) is 23.5 Å². The second kappa shape index (κ2) is 4.07. The summed E-state index contributed by atoms with van der Waals surface area (Å²) in [5.74, 6) is -1.02. The maximum Gasteiger partial charge on any atom is 0.309 e. The van der Waals surface area contributed by atoms with Crippen LogP contribution >= 0.6 is 0 Å². The third kappa shape index (κ3) is 1.70. The van der Waals surface area contributed by atoms with E-state index < -0.39 is 16.8 Å². The minimum Gasteiger partial charge on any atom is -0.481 e. The van der Waals surface area contributed by atoms with Crippen molar-refractivity contribution in [2.45, 2.75) is 40.5 Å². The number of amides is 1. The van der Waals surface area contributed by atoms with Gasteiger partial charge in [-0.25, -0.2) is 0 Å². The number of carbonyl (C=O) groups is 2. The summed E-state index contributed by atoms with van der Waals surface area (Å²) in [6, 6.07) is 0. The summed E-state index contributed by atoms with van der Waals surface area (Å²) >= 11 is 0. The molecule has 1 rings (SSSR count). The lowest BCUT2D eigenvalue weighted by Crippen LogP contribution is -2.45. The Hall–Kier alpha value is -1.06. The van der Waals surface area contributed by atoms with E-state index in [9.17, 15) is 14.7 Å². The molecule has 92 valence electrons. The molecule has 1 aliphatic rings. The number of rotatable bonds is 3. The van der Waals surface area contributed by atoms with Gasteiger partial charge in [-0.2, -0.15) is 0 Å². The van der Waals surface area contributed by atoms with Crippen LogP contribution in [0.4, 0.5) is 0 Å². The highest BCUT2D eigenvalue weighted by atomic mass is 16.4. The Morgan fingerprint density at radius 3 is 2.31 bits per heavy atom. The van der Waals surface area contributed by atoms with Crippen molar-refractivity contribution in [3.05, 3.63) is 0 Å². The predicted molar refractivity (Wildman–Crippen MR) is 60.9 cm³/mol. The van der Waals surface area contributed by atoms with Crippen LogP contribution in [0.3, 0.4) is 0 Å². The lowest BCUT2D eigenvalue weighted by molar-refractivity contribution is -0.155. The third-order valence-electron chi connectivity index (χ3n) is 4.37. The molecule has 1 aliphatic carbocycles. The number of carbonyl (C=O) groups excluding carboxylic acids is 1. The van der Waals surface area contributed by atoms with E-state index in [2.05, 4.69) is 5.32 Å². The van der Waals surface area contributed by atoms with E-state index in [1.807, 2.05) is 20.8 Å². The normalized spacial score (nSPS) is 32.4. The van der Waals surface area contributed by atoms with Crippen LogP contribution in [0.25, 0.3) is 0 Å². The van der Waals surface area contributed by atoms with Gasteiger partial charge < -0.3 is 10.4 Å². The molecule has 1 amide bonds. The van der Waals surface area contributed by atoms with Crippen LogP contribution in [0, 0.1) is 16.7 Å². The van der Waals surface area contributed by atoms with Crippen LogP contribution in [0.15, 0.2) is 0 Å². The fourth-order valence-electron chi connectivity index (χ4n) is 2.64. The molecule has 0 radical (unpaired) electrons. The molecule has 0 aromatic carbocycles. The first kappa shape index (κ1) is 13.0. The lowest BCUT2D eigenvalue weighted by atomic mass is 9.65. The van der Waals surface area contributed by atoms with Gasteiger partial charge in [0.2, 0.25) is 5.91 Å². The summed E-state index contributed by atoms with van der Waals surface area (Å²) in [5, 5.41) is 12.1. The molecule has 0 aromatic heterocycles. The van der Waals surface area contributed by atoms with E-state index in [0.29, 0.717) is 19.4 Å². The minimum atomic E-state index is -0.803. The zero-order valence-corrected chi connectivity index (χ0v) is 10.5. The second-order valence-corrected chi connectivity index (χ2v) is 5.34. The third-order valence-corrected chi connectivity index (χ3v) is 4.37. The molecule has 1 saturated carbocycles. The summed E-state index contributed by atoms with van der Waals surface area (Å²) in [4.78, 5) is 23.2. The van der Waals surface area contributed by atoms with E-state index in [1.54, 1.807) is 6.92 Å². The summed E-state index contributed by atoms with van der Waals surface area (Å²) in [7, 11) is 0. The number of carboxylic acids is 1. The molecule has 16 heavy (non-hydrogen) atoms. The maximum absolute atomic E-state index is 11.9. The standard InChI is InChI=1S/C12H21NO3/c1-5-13-9(14)8-6-7-12(4,10(15)16)11(8,2)3/h8H,5-7H2,1-4H3,(H,13,14)(H,15,16)/t8-,12+/m1/s1.